The molecule has 0 amide bonds. The zero-order valence-corrected chi connectivity index (χ0v) is 28.4. The Balaban J connectivity index is 1.10. The van der Waals surface area contributed by atoms with Gasteiger partial charge in [0, 0.05) is 27.8 Å². The van der Waals surface area contributed by atoms with E-state index in [0.29, 0.717) is 0 Å². The number of anilines is 3. The smallest absolute Gasteiger partial charge is 0.135 e. The summed E-state index contributed by atoms with van der Waals surface area (Å²) in [5.41, 5.74) is 12.4. The number of para-hydroxylation sites is 2. The summed E-state index contributed by atoms with van der Waals surface area (Å²) < 4.78 is 6.13. The van der Waals surface area contributed by atoms with Crippen LogP contribution in [0.4, 0.5) is 17.1 Å². The number of benzene rings is 9. The quantitative estimate of drug-likeness (QED) is 0.165. The highest BCUT2D eigenvalue weighted by Gasteiger charge is 2.18. The lowest BCUT2D eigenvalue weighted by Gasteiger charge is -2.26. The zero-order valence-electron chi connectivity index (χ0n) is 28.4. The summed E-state index contributed by atoms with van der Waals surface area (Å²) in [6.07, 6.45) is 0. The molecule has 2 nitrogen and oxygen atoms in total. The molecule has 0 aliphatic carbocycles. The van der Waals surface area contributed by atoms with E-state index in [1.165, 1.54) is 43.8 Å². The van der Waals surface area contributed by atoms with Crippen LogP contribution in [0.3, 0.4) is 0 Å². The van der Waals surface area contributed by atoms with Crippen molar-refractivity contribution in [2.75, 3.05) is 4.90 Å². The van der Waals surface area contributed by atoms with Crippen LogP contribution in [0.15, 0.2) is 205 Å². The van der Waals surface area contributed by atoms with Crippen LogP contribution in [0, 0.1) is 0 Å². The summed E-state index contributed by atoms with van der Waals surface area (Å²) in [6, 6.07) is 71.7. The monoisotopic (exact) mass is 663 g/mol. The van der Waals surface area contributed by atoms with Gasteiger partial charge in [-0.1, -0.05) is 146 Å². The number of hydrogen-bond acceptors (Lipinski definition) is 2. The van der Waals surface area contributed by atoms with Gasteiger partial charge in [-0.15, -0.1) is 0 Å². The molecule has 0 aliphatic rings. The first-order valence-electron chi connectivity index (χ1n) is 17.8. The minimum atomic E-state index is 0.905. The molecule has 0 N–H and O–H groups in total. The van der Waals surface area contributed by atoms with Crippen molar-refractivity contribution < 1.29 is 4.42 Å². The van der Waals surface area contributed by atoms with Gasteiger partial charge >= 0.3 is 0 Å². The molecule has 0 saturated carbocycles. The molecule has 0 aliphatic heterocycles. The third-order valence-electron chi connectivity index (χ3n) is 10.2. The van der Waals surface area contributed by atoms with Crippen LogP contribution in [0.1, 0.15) is 0 Å². The van der Waals surface area contributed by atoms with Crippen molar-refractivity contribution >= 4 is 60.5 Å². The van der Waals surface area contributed by atoms with Gasteiger partial charge < -0.3 is 9.32 Å². The highest BCUT2D eigenvalue weighted by molar-refractivity contribution is 6.21. The van der Waals surface area contributed by atoms with E-state index in [4.69, 9.17) is 4.42 Å². The van der Waals surface area contributed by atoms with E-state index in [0.717, 1.165) is 50.1 Å². The summed E-state index contributed by atoms with van der Waals surface area (Å²) in [4.78, 5) is 2.34. The number of fused-ring (bicyclic) bond motifs is 5. The Kier molecular flexibility index (Phi) is 7.18. The lowest BCUT2D eigenvalue weighted by molar-refractivity contribution is 0.669. The minimum Gasteiger partial charge on any atom is -0.456 e. The summed E-state index contributed by atoms with van der Waals surface area (Å²) >= 11 is 0. The van der Waals surface area contributed by atoms with Crippen LogP contribution in [0.5, 0.6) is 0 Å². The standard InChI is InChI=1S/C50H33NO/c1-3-14-34(15-4-1)49-42-21-7-9-23-44(42)50(45-24-10-8-22-43(45)49)35-26-29-39(30-27-35)51(38-17-5-2-6-18-38)40-19-13-16-36(32-40)37-28-31-48-46(33-37)41-20-11-12-25-47(41)52-48/h1-33H. The number of furan rings is 1. The van der Waals surface area contributed by atoms with E-state index >= 15 is 0 Å². The molecule has 0 bridgehead atoms. The Morgan fingerprint density at radius 3 is 1.37 bits per heavy atom. The van der Waals surface area contributed by atoms with E-state index in [-0.39, 0.29) is 0 Å². The van der Waals surface area contributed by atoms with Gasteiger partial charge in [0.15, 0.2) is 0 Å². The second kappa shape index (κ2) is 12.5. The number of rotatable bonds is 6. The molecule has 0 spiro atoms. The molecule has 0 saturated heterocycles. The van der Waals surface area contributed by atoms with Crippen molar-refractivity contribution in [3.8, 4) is 33.4 Å². The van der Waals surface area contributed by atoms with E-state index in [9.17, 15) is 0 Å². The van der Waals surface area contributed by atoms with Gasteiger partial charge in [0.05, 0.1) is 0 Å². The van der Waals surface area contributed by atoms with Crippen molar-refractivity contribution in [2.45, 2.75) is 0 Å². The molecule has 10 rings (SSSR count). The molecule has 9 aromatic carbocycles. The summed E-state index contributed by atoms with van der Waals surface area (Å²) in [5.74, 6) is 0. The minimum absolute atomic E-state index is 0.905. The van der Waals surface area contributed by atoms with Gasteiger partial charge in [0.1, 0.15) is 11.2 Å². The Morgan fingerprint density at radius 2 is 0.712 bits per heavy atom. The number of nitrogens with zero attached hydrogens (tertiary/aromatic N) is 1. The summed E-state index contributed by atoms with van der Waals surface area (Å²) in [6.45, 7) is 0. The molecule has 0 atom stereocenters. The Morgan fingerprint density at radius 1 is 0.269 bits per heavy atom. The second-order valence-electron chi connectivity index (χ2n) is 13.3. The highest BCUT2D eigenvalue weighted by atomic mass is 16.3. The number of hydrogen-bond donors (Lipinski definition) is 0. The van der Waals surface area contributed by atoms with Crippen molar-refractivity contribution in [2.24, 2.45) is 0 Å². The molecule has 52 heavy (non-hydrogen) atoms. The fourth-order valence-electron chi connectivity index (χ4n) is 7.89. The van der Waals surface area contributed by atoms with E-state index in [1.54, 1.807) is 0 Å². The fourth-order valence-corrected chi connectivity index (χ4v) is 7.89. The van der Waals surface area contributed by atoms with Gasteiger partial charge in [-0.3, -0.25) is 0 Å². The normalized spacial score (nSPS) is 11.5. The molecule has 0 fully saturated rings. The van der Waals surface area contributed by atoms with Gasteiger partial charge in [0.2, 0.25) is 0 Å². The SMILES string of the molecule is c1ccc(-c2c3ccccc3c(-c3ccc(N(c4ccccc4)c4cccc(-c5ccc6oc7ccccc7c6c5)c4)cc3)c3ccccc23)cc1. The molecule has 2 heteroatoms. The van der Waals surface area contributed by atoms with Crippen molar-refractivity contribution in [3.63, 3.8) is 0 Å². The van der Waals surface area contributed by atoms with Gasteiger partial charge in [-0.25, -0.2) is 0 Å². The van der Waals surface area contributed by atoms with Crippen molar-refractivity contribution in [3.05, 3.63) is 200 Å². The maximum Gasteiger partial charge on any atom is 0.135 e. The van der Waals surface area contributed by atoms with Crippen LogP contribution in [-0.4, -0.2) is 0 Å². The largest absolute Gasteiger partial charge is 0.456 e. The van der Waals surface area contributed by atoms with Gasteiger partial charge in [0.25, 0.3) is 0 Å². The van der Waals surface area contributed by atoms with Crippen LogP contribution >= 0.6 is 0 Å². The Labute approximate surface area is 302 Å². The molecule has 0 radical (unpaired) electrons. The molecule has 10 aromatic rings. The topological polar surface area (TPSA) is 16.4 Å². The second-order valence-corrected chi connectivity index (χ2v) is 13.3. The van der Waals surface area contributed by atoms with Crippen LogP contribution < -0.4 is 4.90 Å². The Bertz CT molecular complexity index is 2830. The van der Waals surface area contributed by atoms with E-state index in [2.05, 4.69) is 193 Å². The predicted octanol–water partition coefficient (Wildman–Crippen LogP) is 14.4. The van der Waals surface area contributed by atoms with Gasteiger partial charge in [-0.2, -0.15) is 0 Å². The third-order valence-corrected chi connectivity index (χ3v) is 10.2. The maximum absolute atomic E-state index is 6.13. The predicted molar refractivity (Wildman–Crippen MR) is 220 cm³/mol. The lowest BCUT2D eigenvalue weighted by atomic mass is 9.86. The average Bonchev–Trinajstić information content (AvgIpc) is 3.59. The molecule has 1 heterocycles. The summed E-state index contributed by atoms with van der Waals surface area (Å²) in [5, 5.41) is 7.29. The van der Waals surface area contributed by atoms with E-state index < -0.39 is 0 Å². The molecular formula is C50H33NO. The molecule has 244 valence electrons. The average molecular weight is 664 g/mol. The third kappa shape index (κ3) is 5.04. The molecule has 1 aromatic heterocycles. The Hall–Kier alpha value is -6.90. The highest BCUT2D eigenvalue weighted by Crippen LogP contribution is 2.45. The maximum atomic E-state index is 6.13. The van der Waals surface area contributed by atoms with Crippen LogP contribution in [0.2, 0.25) is 0 Å². The van der Waals surface area contributed by atoms with Crippen molar-refractivity contribution in [1.82, 2.24) is 0 Å². The van der Waals surface area contributed by atoms with E-state index in [1.807, 2.05) is 12.1 Å². The lowest BCUT2D eigenvalue weighted by Crippen LogP contribution is -2.09. The fraction of sp³-hybridized carbons (Fsp3) is 0. The first-order valence-corrected chi connectivity index (χ1v) is 17.8. The first kappa shape index (κ1) is 30.0. The van der Waals surface area contributed by atoms with Crippen molar-refractivity contribution in [1.29, 1.82) is 0 Å². The van der Waals surface area contributed by atoms with Crippen LogP contribution in [0.25, 0.3) is 76.9 Å². The van der Waals surface area contributed by atoms with Gasteiger partial charge in [-0.05, 0) is 110 Å². The molecule has 0 unspecified atom stereocenters. The first-order chi connectivity index (χ1) is 25.8. The van der Waals surface area contributed by atoms with Crippen LogP contribution in [-0.2, 0) is 0 Å². The zero-order chi connectivity index (χ0) is 34.4. The summed E-state index contributed by atoms with van der Waals surface area (Å²) in [7, 11) is 0. The molecular weight excluding hydrogens is 631 g/mol.